The van der Waals surface area contributed by atoms with Crippen molar-refractivity contribution in [3.8, 4) is 0 Å². The summed E-state index contributed by atoms with van der Waals surface area (Å²) in [5.74, 6) is -1.07. The minimum Gasteiger partial charge on any atom is -0.481 e. The third-order valence-corrected chi connectivity index (χ3v) is 2.22. The molecule has 8 nitrogen and oxygen atoms in total. The number of aromatic amines is 1. The van der Waals surface area contributed by atoms with Gasteiger partial charge in [0.1, 0.15) is 5.52 Å². The molecular formula is C10H11N5O3. The van der Waals surface area contributed by atoms with Crippen molar-refractivity contribution in [3.05, 3.63) is 12.5 Å². The fourth-order valence-electron chi connectivity index (χ4n) is 1.38. The molecule has 0 aliphatic carbocycles. The van der Waals surface area contributed by atoms with Crippen molar-refractivity contribution in [1.29, 1.82) is 0 Å². The van der Waals surface area contributed by atoms with E-state index in [1.807, 2.05) is 0 Å². The monoisotopic (exact) mass is 249 g/mol. The van der Waals surface area contributed by atoms with Crippen LogP contribution < -0.4 is 5.32 Å². The standard InChI is InChI=1S/C10H11N5O3/c16-7(2-1-3-8(17)18)14-10-11-4-6-9(15-10)13-5-12-6/h4-5H,1-3H2,(H,17,18)(H2,11,12,13,14,15,16). The lowest BCUT2D eigenvalue weighted by Gasteiger charge is -2.02. The first kappa shape index (κ1) is 12.0. The molecule has 0 saturated heterocycles. The number of hydrogen-bond acceptors (Lipinski definition) is 5. The molecule has 94 valence electrons. The second kappa shape index (κ2) is 5.21. The fourth-order valence-corrected chi connectivity index (χ4v) is 1.38. The van der Waals surface area contributed by atoms with Crippen LogP contribution in [0.1, 0.15) is 19.3 Å². The Balaban J connectivity index is 1.91. The van der Waals surface area contributed by atoms with Crippen molar-refractivity contribution in [3.63, 3.8) is 0 Å². The van der Waals surface area contributed by atoms with Gasteiger partial charge in [-0.15, -0.1) is 0 Å². The molecule has 3 N–H and O–H groups in total. The number of H-pyrrole nitrogens is 1. The second-order valence-electron chi connectivity index (χ2n) is 3.63. The first-order chi connectivity index (χ1) is 8.65. The highest BCUT2D eigenvalue weighted by Gasteiger charge is 2.07. The van der Waals surface area contributed by atoms with Gasteiger partial charge in [0.05, 0.1) is 12.5 Å². The molecule has 0 radical (unpaired) electrons. The molecule has 0 spiro atoms. The van der Waals surface area contributed by atoms with Gasteiger partial charge in [0.15, 0.2) is 5.65 Å². The number of fused-ring (bicyclic) bond motifs is 1. The van der Waals surface area contributed by atoms with Crippen molar-refractivity contribution in [2.75, 3.05) is 5.32 Å². The molecule has 18 heavy (non-hydrogen) atoms. The molecule has 0 fully saturated rings. The summed E-state index contributed by atoms with van der Waals surface area (Å²) in [5.41, 5.74) is 1.14. The Labute approximate surface area is 101 Å². The van der Waals surface area contributed by atoms with Gasteiger partial charge in [-0.3, -0.25) is 14.9 Å². The zero-order valence-corrected chi connectivity index (χ0v) is 9.38. The highest BCUT2D eigenvalue weighted by Crippen LogP contribution is 2.07. The van der Waals surface area contributed by atoms with Crippen LogP contribution in [0.2, 0.25) is 0 Å². The number of aliphatic carboxylic acids is 1. The number of carboxylic acid groups (broad SMARTS) is 1. The average Bonchev–Trinajstić information content (AvgIpc) is 2.75. The molecule has 2 aromatic rings. The maximum atomic E-state index is 11.5. The van der Waals surface area contributed by atoms with E-state index in [1.165, 1.54) is 12.5 Å². The van der Waals surface area contributed by atoms with Gasteiger partial charge < -0.3 is 10.1 Å². The van der Waals surface area contributed by atoms with Gasteiger partial charge in [0, 0.05) is 12.8 Å². The van der Waals surface area contributed by atoms with E-state index in [-0.39, 0.29) is 31.1 Å². The minimum atomic E-state index is -0.919. The number of carbonyl (C=O) groups is 2. The molecule has 0 saturated carbocycles. The molecule has 0 unspecified atom stereocenters. The van der Waals surface area contributed by atoms with Gasteiger partial charge in [-0.25, -0.2) is 9.97 Å². The molecule has 0 aliphatic heterocycles. The van der Waals surface area contributed by atoms with Crippen LogP contribution in [-0.4, -0.2) is 36.9 Å². The van der Waals surface area contributed by atoms with Crippen LogP contribution in [0, 0.1) is 0 Å². The van der Waals surface area contributed by atoms with Crippen molar-refractivity contribution >= 4 is 29.0 Å². The Kier molecular flexibility index (Phi) is 3.46. The van der Waals surface area contributed by atoms with Gasteiger partial charge in [-0.2, -0.15) is 4.98 Å². The van der Waals surface area contributed by atoms with Crippen LogP contribution in [0.4, 0.5) is 5.95 Å². The van der Waals surface area contributed by atoms with Crippen LogP contribution in [-0.2, 0) is 9.59 Å². The van der Waals surface area contributed by atoms with Gasteiger partial charge >= 0.3 is 5.97 Å². The second-order valence-corrected chi connectivity index (χ2v) is 3.63. The predicted octanol–water partition coefficient (Wildman–Crippen LogP) is 0.546. The topological polar surface area (TPSA) is 121 Å². The highest BCUT2D eigenvalue weighted by molar-refractivity contribution is 5.89. The summed E-state index contributed by atoms with van der Waals surface area (Å²) in [6, 6.07) is 0. The number of aromatic nitrogens is 4. The fraction of sp³-hybridized carbons (Fsp3) is 0.300. The third-order valence-electron chi connectivity index (χ3n) is 2.22. The number of imidazole rings is 1. The summed E-state index contributed by atoms with van der Waals surface area (Å²) in [6.45, 7) is 0. The summed E-state index contributed by atoms with van der Waals surface area (Å²) < 4.78 is 0. The smallest absolute Gasteiger partial charge is 0.303 e. The first-order valence-electron chi connectivity index (χ1n) is 5.33. The van der Waals surface area contributed by atoms with E-state index < -0.39 is 5.97 Å². The van der Waals surface area contributed by atoms with Crippen molar-refractivity contribution in [1.82, 2.24) is 19.9 Å². The number of amides is 1. The van der Waals surface area contributed by atoms with Gasteiger partial charge in [0.25, 0.3) is 0 Å². The minimum absolute atomic E-state index is 0.0350. The third kappa shape index (κ3) is 3.00. The Hall–Kier alpha value is -2.51. The quantitative estimate of drug-likeness (QED) is 0.711. The molecule has 8 heteroatoms. The average molecular weight is 249 g/mol. The normalized spacial score (nSPS) is 10.4. The summed E-state index contributed by atoms with van der Waals surface area (Å²) in [4.78, 5) is 36.5. The Morgan fingerprint density at radius 2 is 2.17 bits per heavy atom. The largest absolute Gasteiger partial charge is 0.481 e. The maximum absolute atomic E-state index is 11.5. The molecular weight excluding hydrogens is 238 g/mol. The van der Waals surface area contributed by atoms with Crippen LogP contribution in [0.15, 0.2) is 12.5 Å². The predicted molar refractivity (Wildman–Crippen MR) is 61.8 cm³/mol. The van der Waals surface area contributed by atoms with Gasteiger partial charge in [-0.1, -0.05) is 0 Å². The Morgan fingerprint density at radius 3 is 2.94 bits per heavy atom. The number of anilines is 1. The lowest BCUT2D eigenvalue weighted by atomic mass is 10.2. The zero-order valence-electron chi connectivity index (χ0n) is 9.38. The van der Waals surface area contributed by atoms with Gasteiger partial charge in [-0.05, 0) is 6.42 Å². The number of hydrogen-bond donors (Lipinski definition) is 3. The van der Waals surface area contributed by atoms with E-state index in [4.69, 9.17) is 5.11 Å². The van der Waals surface area contributed by atoms with Crippen molar-refractivity contribution < 1.29 is 14.7 Å². The van der Waals surface area contributed by atoms with Crippen LogP contribution >= 0.6 is 0 Å². The molecule has 2 aromatic heterocycles. The number of nitrogens with zero attached hydrogens (tertiary/aromatic N) is 3. The SMILES string of the molecule is O=C(O)CCCC(=O)Nc1ncc2[nH]cnc2n1. The van der Waals surface area contributed by atoms with Crippen LogP contribution in [0.3, 0.4) is 0 Å². The molecule has 2 rings (SSSR count). The van der Waals surface area contributed by atoms with E-state index in [0.29, 0.717) is 11.2 Å². The molecule has 2 heterocycles. The Morgan fingerprint density at radius 1 is 1.33 bits per heavy atom. The molecule has 1 amide bonds. The van der Waals surface area contributed by atoms with Gasteiger partial charge in [0.2, 0.25) is 11.9 Å². The summed E-state index contributed by atoms with van der Waals surface area (Å²) >= 11 is 0. The molecule has 0 atom stereocenters. The highest BCUT2D eigenvalue weighted by atomic mass is 16.4. The van der Waals surface area contributed by atoms with E-state index in [9.17, 15) is 9.59 Å². The molecule has 0 bridgehead atoms. The number of nitrogens with one attached hydrogen (secondary N) is 2. The lowest BCUT2D eigenvalue weighted by Crippen LogP contribution is -2.14. The van der Waals surface area contributed by atoms with Crippen LogP contribution in [0.5, 0.6) is 0 Å². The van der Waals surface area contributed by atoms with E-state index in [0.717, 1.165) is 0 Å². The van der Waals surface area contributed by atoms with E-state index >= 15 is 0 Å². The molecule has 0 aromatic carbocycles. The zero-order chi connectivity index (χ0) is 13.0. The molecule has 0 aliphatic rings. The number of carbonyl (C=O) groups excluding carboxylic acids is 1. The summed E-state index contributed by atoms with van der Waals surface area (Å²) in [6.07, 6.45) is 3.37. The number of rotatable bonds is 5. The van der Waals surface area contributed by atoms with Crippen molar-refractivity contribution in [2.45, 2.75) is 19.3 Å². The lowest BCUT2D eigenvalue weighted by molar-refractivity contribution is -0.137. The van der Waals surface area contributed by atoms with E-state index in [1.54, 1.807) is 0 Å². The van der Waals surface area contributed by atoms with E-state index in [2.05, 4.69) is 25.3 Å². The van der Waals surface area contributed by atoms with Crippen molar-refractivity contribution in [2.24, 2.45) is 0 Å². The van der Waals surface area contributed by atoms with Crippen LogP contribution in [0.25, 0.3) is 11.2 Å². The Bertz CT molecular complexity index is 580. The maximum Gasteiger partial charge on any atom is 0.303 e. The summed E-state index contributed by atoms with van der Waals surface area (Å²) in [5, 5.41) is 10.9. The first-order valence-corrected chi connectivity index (χ1v) is 5.33. The number of carboxylic acids is 1. The summed E-state index contributed by atoms with van der Waals surface area (Å²) in [7, 11) is 0.